The molecule has 1 rings (SSSR count). The van der Waals surface area contributed by atoms with Crippen LogP contribution in [0.5, 0.6) is 0 Å². The molecule has 0 aliphatic rings. The molecule has 0 N–H and O–H groups in total. The van der Waals surface area contributed by atoms with Crippen molar-refractivity contribution in [2.45, 2.75) is 27.7 Å². The molecule has 1 aromatic heterocycles. The van der Waals surface area contributed by atoms with Crippen LogP contribution in [0.4, 0.5) is 0 Å². The highest BCUT2D eigenvalue weighted by Crippen LogP contribution is 2.10. The first-order valence-corrected chi connectivity index (χ1v) is 5.09. The largest absolute Gasteiger partial charge is 0.294 e. The van der Waals surface area contributed by atoms with Gasteiger partial charge in [-0.15, -0.1) is 0 Å². The van der Waals surface area contributed by atoms with E-state index in [0.29, 0.717) is 5.69 Å². The van der Waals surface area contributed by atoms with E-state index in [1.165, 1.54) is 13.8 Å². The van der Waals surface area contributed by atoms with Gasteiger partial charge in [-0.3, -0.25) is 14.6 Å². The monoisotopic (exact) mass is 217 g/mol. The average Bonchev–Trinajstić information content (AvgIpc) is 2.11. The number of allylic oxidation sites excluding steroid dienone is 1. The Morgan fingerprint density at radius 1 is 1.12 bits per heavy atom. The number of Topliss-reactive ketones (excluding diaryl/α,β-unsaturated/α-hetero) is 2. The lowest BCUT2D eigenvalue weighted by atomic mass is 10.1. The van der Waals surface area contributed by atoms with Gasteiger partial charge in [0.25, 0.3) is 0 Å². The van der Waals surface area contributed by atoms with E-state index < -0.39 is 0 Å². The van der Waals surface area contributed by atoms with E-state index in [9.17, 15) is 9.59 Å². The number of pyridine rings is 1. The lowest BCUT2D eigenvalue weighted by Crippen LogP contribution is -2.06. The lowest BCUT2D eigenvalue weighted by Gasteiger charge is -2.01. The third kappa shape index (κ3) is 3.12. The standard InChI is InChI=1S/C13H15NO2/c1-8-5-9(2)14-12(6-8)7-13(10(3)15)11(4)16/h5-7H,1-4H3. The van der Waals surface area contributed by atoms with E-state index in [0.717, 1.165) is 11.3 Å². The molecule has 3 nitrogen and oxygen atoms in total. The van der Waals surface area contributed by atoms with E-state index in [-0.39, 0.29) is 17.1 Å². The molecule has 0 unspecified atom stereocenters. The van der Waals surface area contributed by atoms with Gasteiger partial charge in [0.1, 0.15) is 0 Å². The van der Waals surface area contributed by atoms with E-state index in [2.05, 4.69) is 4.98 Å². The van der Waals surface area contributed by atoms with Crippen LogP contribution in [0.2, 0.25) is 0 Å². The van der Waals surface area contributed by atoms with Gasteiger partial charge in [-0.2, -0.15) is 0 Å². The first-order chi connectivity index (χ1) is 7.40. The zero-order chi connectivity index (χ0) is 12.3. The highest BCUT2D eigenvalue weighted by Gasteiger charge is 2.09. The van der Waals surface area contributed by atoms with Gasteiger partial charge in [0, 0.05) is 5.69 Å². The van der Waals surface area contributed by atoms with Gasteiger partial charge < -0.3 is 0 Å². The Hall–Kier alpha value is -1.77. The minimum absolute atomic E-state index is 0.192. The maximum Gasteiger partial charge on any atom is 0.163 e. The molecule has 0 saturated carbocycles. The quantitative estimate of drug-likeness (QED) is 0.443. The number of hydrogen-bond donors (Lipinski definition) is 0. The van der Waals surface area contributed by atoms with Crippen molar-refractivity contribution >= 4 is 17.6 Å². The summed E-state index contributed by atoms with van der Waals surface area (Å²) in [6.07, 6.45) is 1.55. The maximum atomic E-state index is 11.2. The topological polar surface area (TPSA) is 47.0 Å². The predicted octanol–water partition coefficient (Wildman–Crippen LogP) is 2.26. The molecular formula is C13H15NO2. The van der Waals surface area contributed by atoms with Crippen LogP contribution in [0.3, 0.4) is 0 Å². The summed E-state index contributed by atoms with van der Waals surface area (Å²) in [5.41, 5.74) is 2.78. The number of aromatic nitrogens is 1. The normalized spacial score (nSPS) is 9.75. The Morgan fingerprint density at radius 3 is 2.12 bits per heavy atom. The van der Waals surface area contributed by atoms with Gasteiger partial charge in [0.2, 0.25) is 0 Å². The summed E-state index contributed by atoms with van der Waals surface area (Å²) in [6, 6.07) is 3.79. The maximum absolute atomic E-state index is 11.2. The third-order valence-electron chi connectivity index (χ3n) is 2.17. The highest BCUT2D eigenvalue weighted by atomic mass is 16.1. The van der Waals surface area contributed by atoms with Crippen molar-refractivity contribution in [3.8, 4) is 0 Å². The number of carbonyl (C=O) groups is 2. The zero-order valence-electron chi connectivity index (χ0n) is 10.00. The second-order valence-corrected chi connectivity index (χ2v) is 3.88. The highest BCUT2D eigenvalue weighted by molar-refractivity contribution is 6.21. The van der Waals surface area contributed by atoms with Gasteiger partial charge in [-0.1, -0.05) is 0 Å². The second kappa shape index (κ2) is 4.84. The van der Waals surface area contributed by atoms with Crippen molar-refractivity contribution in [2.75, 3.05) is 0 Å². The zero-order valence-corrected chi connectivity index (χ0v) is 10.00. The summed E-state index contributed by atoms with van der Waals surface area (Å²) >= 11 is 0. The van der Waals surface area contributed by atoms with Crippen molar-refractivity contribution in [2.24, 2.45) is 0 Å². The van der Waals surface area contributed by atoms with Crippen LogP contribution in [0.25, 0.3) is 6.08 Å². The minimum atomic E-state index is -0.228. The fourth-order valence-corrected chi connectivity index (χ4v) is 1.55. The Bertz CT molecular complexity index is 437. The summed E-state index contributed by atoms with van der Waals surface area (Å²) in [6.45, 7) is 6.60. The van der Waals surface area contributed by atoms with E-state index in [1.807, 2.05) is 26.0 Å². The first kappa shape index (κ1) is 12.3. The molecule has 0 spiro atoms. The van der Waals surface area contributed by atoms with Gasteiger partial charge in [-0.05, 0) is 51.5 Å². The molecule has 0 atom stereocenters. The second-order valence-electron chi connectivity index (χ2n) is 3.88. The number of aryl methyl sites for hydroxylation is 2. The van der Waals surface area contributed by atoms with E-state index in [4.69, 9.17) is 0 Å². The first-order valence-electron chi connectivity index (χ1n) is 5.09. The number of nitrogens with zero attached hydrogens (tertiary/aromatic N) is 1. The molecule has 0 bridgehead atoms. The summed E-state index contributed by atoms with van der Waals surface area (Å²) in [7, 11) is 0. The molecule has 0 aromatic carbocycles. The molecular weight excluding hydrogens is 202 g/mol. The van der Waals surface area contributed by atoms with E-state index in [1.54, 1.807) is 6.08 Å². The fraction of sp³-hybridized carbons (Fsp3) is 0.308. The van der Waals surface area contributed by atoms with E-state index >= 15 is 0 Å². The van der Waals surface area contributed by atoms with Crippen LogP contribution in [0.15, 0.2) is 17.7 Å². The minimum Gasteiger partial charge on any atom is -0.294 e. The molecule has 0 saturated heterocycles. The van der Waals surface area contributed by atoms with Crippen LogP contribution >= 0.6 is 0 Å². The molecule has 16 heavy (non-hydrogen) atoms. The number of carbonyl (C=O) groups excluding carboxylic acids is 2. The van der Waals surface area contributed by atoms with Crippen molar-refractivity contribution in [3.05, 3.63) is 34.7 Å². The van der Waals surface area contributed by atoms with Gasteiger partial charge in [-0.25, -0.2) is 0 Å². The molecule has 0 aliphatic carbocycles. The molecule has 0 fully saturated rings. The smallest absolute Gasteiger partial charge is 0.163 e. The third-order valence-corrected chi connectivity index (χ3v) is 2.17. The Kier molecular flexibility index (Phi) is 3.72. The number of rotatable bonds is 3. The molecule has 0 amide bonds. The van der Waals surface area contributed by atoms with Crippen LogP contribution in [-0.4, -0.2) is 16.6 Å². The average molecular weight is 217 g/mol. The van der Waals surface area contributed by atoms with Crippen LogP contribution in [0.1, 0.15) is 30.8 Å². The molecule has 0 aliphatic heterocycles. The van der Waals surface area contributed by atoms with Gasteiger partial charge in [0.05, 0.1) is 11.3 Å². The molecule has 0 radical (unpaired) electrons. The molecule has 84 valence electrons. The van der Waals surface area contributed by atoms with Crippen molar-refractivity contribution in [1.82, 2.24) is 4.98 Å². The summed E-state index contributed by atoms with van der Waals surface area (Å²) in [4.78, 5) is 26.7. The van der Waals surface area contributed by atoms with Crippen molar-refractivity contribution in [1.29, 1.82) is 0 Å². The molecule has 1 heterocycles. The SMILES string of the molecule is CC(=O)C(=Cc1cc(C)cc(C)n1)C(C)=O. The fourth-order valence-electron chi connectivity index (χ4n) is 1.55. The van der Waals surface area contributed by atoms with Crippen LogP contribution < -0.4 is 0 Å². The Morgan fingerprint density at radius 2 is 1.69 bits per heavy atom. The lowest BCUT2D eigenvalue weighted by molar-refractivity contribution is -0.119. The summed E-state index contributed by atoms with van der Waals surface area (Å²) in [5.74, 6) is -0.457. The van der Waals surface area contributed by atoms with Crippen molar-refractivity contribution in [3.63, 3.8) is 0 Å². The predicted molar refractivity (Wildman–Crippen MR) is 63.1 cm³/mol. The van der Waals surface area contributed by atoms with Crippen LogP contribution in [-0.2, 0) is 9.59 Å². The van der Waals surface area contributed by atoms with Gasteiger partial charge >= 0.3 is 0 Å². The molecule has 1 aromatic rings. The summed E-state index contributed by atoms with van der Waals surface area (Å²) < 4.78 is 0. The van der Waals surface area contributed by atoms with Crippen LogP contribution in [0, 0.1) is 13.8 Å². The molecule has 3 heteroatoms. The number of ketones is 2. The van der Waals surface area contributed by atoms with Crippen molar-refractivity contribution < 1.29 is 9.59 Å². The number of hydrogen-bond acceptors (Lipinski definition) is 3. The summed E-state index contributed by atoms with van der Waals surface area (Å²) in [5, 5.41) is 0. The Labute approximate surface area is 95.2 Å². The Balaban J connectivity index is 3.23. The van der Waals surface area contributed by atoms with Gasteiger partial charge in [0.15, 0.2) is 11.6 Å².